The van der Waals surface area contributed by atoms with Crippen molar-refractivity contribution in [3.05, 3.63) is 44.2 Å². The van der Waals surface area contributed by atoms with Gasteiger partial charge in [0.2, 0.25) is 5.43 Å². The molecular formula is C12H8Cl2O4. The quantitative estimate of drug-likeness (QED) is 0.808. The van der Waals surface area contributed by atoms with Crippen LogP contribution in [0.25, 0.3) is 11.0 Å². The Kier molecular flexibility index (Phi) is 3.03. The highest BCUT2D eigenvalue weighted by atomic mass is 35.5. The summed E-state index contributed by atoms with van der Waals surface area (Å²) >= 11 is 11.8. The lowest BCUT2D eigenvalue weighted by Gasteiger charge is -2.09. The Morgan fingerprint density at radius 1 is 1.17 bits per heavy atom. The highest BCUT2D eigenvalue weighted by molar-refractivity contribution is 6.38. The van der Waals surface area contributed by atoms with Crippen molar-refractivity contribution in [3.8, 4) is 0 Å². The maximum atomic E-state index is 12.3. The molecule has 0 N–H and O–H groups in total. The molecule has 0 spiro atoms. The van der Waals surface area contributed by atoms with E-state index in [1.54, 1.807) is 0 Å². The number of halogens is 2. The Labute approximate surface area is 112 Å². The van der Waals surface area contributed by atoms with Crippen LogP contribution in [0.5, 0.6) is 0 Å². The van der Waals surface area contributed by atoms with E-state index in [0.29, 0.717) is 39.8 Å². The summed E-state index contributed by atoms with van der Waals surface area (Å²) in [6, 6.07) is 3.05. The topological polar surface area (TPSA) is 48.7 Å². The molecule has 0 unspecified atom stereocenters. The summed E-state index contributed by atoms with van der Waals surface area (Å²) in [5.41, 5.74) is 0.388. The van der Waals surface area contributed by atoms with E-state index in [1.165, 1.54) is 18.4 Å². The predicted octanol–water partition coefficient (Wildman–Crippen LogP) is 3.15. The molecule has 0 atom stereocenters. The van der Waals surface area contributed by atoms with Crippen LogP contribution in [-0.4, -0.2) is 13.2 Å². The van der Waals surface area contributed by atoms with Crippen molar-refractivity contribution in [2.75, 3.05) is 13.2 Å². The Balaban J connectivity index is 2.25. The Hall–Kier alpha value is -1.07. The van der Waals surface area contributed by atoms with E-state index >= 15 is 0 Å². The van der Waals surface area contributed by atoms with Crippen molar-refractivity contribution in [2.45, 2.75) is 6.29 Å². The molecule has 94 valence electrons. The Morgan fingerprint density at radius 3 is 2.61 bits per heavy atom. The minimum Gasteiger partial charge on any atom is -0.462 e. The van der Waals surface area contributed by atoms with Crippen LogP contribution in [0.15, 0.2) is 27.6 Å². The lowest BCUT2D eigenvalue weighted by atomic mass is 10.1. The van der Waals surface area contributed by atoms with Gasteiger partial charge in [0, 0.05) is 5.02 Å². The zero-order valence-electron chi connectivity index (χ0n) is 9.11. The molecule has 0 radical (unpaired) electrons. The average molecular weight is 287 g/mol. The monoisotopic (exact) mass is 286 g/mol. The molecule has 1 aromatic carbocycles. The fourth-order valence-corrected chi connectivity index (χ4v) is 2.42. The van der Waals surface area contributed by atoms with Gasteiger partial charge in [-0.2, -0.15) is 0 Å². The van der Waals surface area contributed by atoms with Crippen molar-refractivity contribution in [1.29, 1.82) is 0 Å². The molecule has 1 aliphatic rings. The highest BCUT2D eigenvalue weighted by Crippen LogP contribution is 2.28. The minimum absolute atomic E-state index is 0.243. The standard InChI is InChI=1S/C12H8Cl2O4/c13-6-3-7-10(15)8(12-16-1-2-17-12)5-18-11(7)9(14)4-6/h3-5,12H,1-2H2. The van der Waals surface area contributed by atoms with Gasteiger partial charge in [0.25, 0.3) is 0 Å². The first-order valence-corrected chi connectivity index (χ1v) is 6.06. The number of ether oxygens (including phenoxy) is 2. The molecule has 0 bridgehead atoms. The second-order valence-corrected chi connectivity index (χ2v) is 4.70. The van der Waals surface area contributed by atoms with Crippen molar-refractivity contribution in [1.82, 2.24) is 0 Å². The van der Waals surface area contributed by atoms with Gasteiger partial charge in [-0.05, 0) is 12.1 Å². The summed E-state index contributed by atoms with van der Waals surface area (Å²) in [6.07, 6.45) is 0.642. The van der Waals surface area contributed by atoms with Crippen LogP contribution < -0.4 is 5.43 Å². The van der Waals surface area contributed by atoms with Gasteiger partial charge < -0.3 is 13.9 Å². The maximum Gasteiger partial charge on any atom is 0.201 e. The van der Waals surface area contributed by atoms with E-state index in [9.17, 15) is 4.79 Å². The molecule has 4 nitrogen and oxygen atoms in total. The van der Waals surface area contributed by atoms with Crippen molar-refractivity contribution in [3.63, 3.8) is 0 Å². The van der Waals surface area contributed by atoms with Crippen LogP contribution in [0.2, 0.25) is 10.0 Å². The summed E-state index contributed by atoms with van der Waals surface area (Å²) in [5.74, 6) is 0. The van der Waals surface area contributed by atoms with Crippen LogP contribution in [0.1, 0.15) is 11.9 Å². The van der Waals surface area contributed by atoms with E-state index in [4.69, 9.17) is 37.1 Å². The third-order valence-electron chi connectivity index (χ3n) is 2.69. The molecule has 2 aromatic rings. The van der Waals surface area contributed by atoms with E-state index in [0.717, 1.165) is 0 Å². The number of rotatable bonds is 1. The van der Waals surface area contributed by atoms with Gasteiger partial charge in [0.05, 0.1) is 29.2 Å². The summed E-state index contributed by atoms with van der Waals surface area (Å²) in [4.78, 5) is 12.3. The summed E-state index contributed by atoms with van der Waals surface area (Å²) in [5, 5.41) is 1.00. The van der Waals surface area contributed by atoms with Crippen molar-refractivity contribution in [2.24, 2.45) is 0 Å². The van der Waals surface area contributed by atoms with Crippen LogP contribution in [0.4, 0.5) is 0 Å². The smallest absolute Gasteiger partial charge is 0.201 e. The van der Waals surface area contributed by atoms with Crippen LogP contribution in [0, 0.1) is 0 Å². The molecular weight excluding hydrogens is 279 g/mol. The summed E-state index contributed by atoms with van der Waals surface area (Å²) < 4.78 is 15.9. The van der Waals surface area contributed by atoms with E-state index in [2.05, 4.69) is 0 Å². The normalized spacial score (nSPS) is 16.6. The third-order valence-corrected chi connectivity index (χ3v) is 3.19. The zero-order chi connectivity index (χ0) is 12.7. The maximum absolute atomic E-state index is 12.3. The summed E-state index contributed by atoms with van der Waals surface area (Å²) in [6.45, 7) is 0.914. The van der Waals surface area contributed by atoms with E-state index < -0.39 is 6.29 Å². The van der Waals surface area contributed by atoms with Crippen LogP contribution in [0.3, 0.4) is 0 Å². The first kappa shape index (κ1) is 12.0. The largest absolute Gasteiger partial charge is 0.462 e. The SMILES string of the molecule is O=c1c(C2OCCO2)coc2c(Cl)cc(Cl)cc12. The lowest BCUT2D eigenvalue weighted by molar-refractivity contribution is -0.0457. The molecule has 0 aliphatic carbocycles. The van der Waals surface area contributed by atoms with Crippen LogP contribution in [-0.2, 0) is 9.47 Å². The van der Waals surface area contributed by atoms with Crippen molar-refractivity contribution < 1.29 is 13.9 Å². The van der Waals surface area contributed by atoms with Crippen LogP contribution >= 0.6 is 23.2 Å². The Morgan fingerprint density at radius 2 is 1.89 bits per heavy atom. The second kappa shape index (κ2) is 4.55. The molecule has 6 heteroatoms. The van der Waals surface area contributed by atoms with Gasteiger partial charge in [-0.1, -0.05) is 23.2 Å². The van der Waals surface area contributed by atoms with Crippen molar-refractivity contribution >= 4 is 34.2 Å². The van der Waals surface area contributed by atoms with Gasteiger partial charge in [-0.15, -0.1) is 0 Å². The lowest BCUT2D eigenvalue weighted by Crippen LogP contribution is -2.14. The van der Waals surface area contributed by atoms with E-state index in [-0.39, 0.29) is 5.43 Å². The van der Waals surface area contributed by atoms with E-state index in [1.807, 2.05) is 0 Å². The number of fused-ring (bicyclic) bond motifs is 1. The number of hydrogen-bond acceptors (Lipinski definition) is 4. The molecule has 1 fully saturated rings. The van der Waals surface area contributed by atoms with Gasteiger partial charge in [0.1, 0.15) is 6.26 Å². The molecule has 0 saturated carbocycles. The fraction of sp³-hybridized carbons (Fsp3) is 0.250. The van der Waals surface area contributed by atoms with Gasteiger partial charge in [-0.3, -0.25) is 4.79 Å². The Bertz CT molecular complexity index is 659. The first-order chi connectivity index (χ1) is 8.66. The summed E-state index contributed by atoms with van der Waals surface area (Å²) in [7, 11) is 0. The molecule has 0 amide bonds. The molecule has 1 aliphatic heterocycles. The molecule has 2 heterocycles. The number of benzene rings is 1. The number of hydrogen-bond donors (Lipinski definition) is 0. The fourth-order valence-electron chi connectivity index (χ4n) is 1.88. The third kappa shape index (κ3) is 1.91. The average Bonchev–Trinajstić information content (AvgIpc) is 2.84. The van der Waals surface area contributed by atoms with Gasteiger partial charge >= 0.3 is 0 Å². The predicted molar refractivity (Wildman–Crippen MR) is 67.1 cm³/mol. The van der Waals surface area contributed by atoms with Gasteiger partial charge in [0.15, 0.2) is 11.9 Å². The molecule has 3 rings (SSSR count). The molecule has 1 saturated heterocycles. The zero-order valence-corrected chi connectivity index (χ0v) is 10.6. The first-order valence-electron chi connectivity index (χ1n) is 5.30. The molecule has 18 heavy (non-hydrogen) atoms. The molecule has 1 aromatic heterocycles. The highest BCUT2D eigenvalue weighted by Gasteiger charge is 2.23. The van der Waals surface area contributed by atoms with Gasteiger partial charge in [-0.25, -0.2) is 0 Å². The second-order valence-electron chi connectivity index (χ2n) is 3.86. The minimum atomic E-state index is -0.677.